The quantitative estimate of drug-likeness (QED) is 0.462. The van der Waals surface area contributed by atoms with Crippen LogP contribution in [0.1, 0.15) is 46.5 Å². The van der Waals surface area contributed by atoms with Crippen LogP contribution in [-0.4, -0.2) is 68.7 Å². The molecule has 0 aromatic heterocycles. The molecule has 9 bridgehead atoms. The molecule has 0 aromatic carbocycles. The molecule has 3 aliphatic heterocycles. The lowest BCUT2D eigenvalue weighted by Crippen LogP contribution is -2.76. The lowest BCUT2D eigenvalue weighted by Gasteiger charge is -2.67. The highest BCUT2D eigenvalue weighted by Crippen LogP contribution is 2.88. The van der Waals surface area contributed by atoms with Gasteiger partial charge in [0.05, 0.1) is 18.1 Å². The molecular formula is C24H33NO5. The Morgan fingerprint density at radius 1 is 1.23 bits per heavy atom. The normalized spacial score (nSPS) is 65.7. The van der Waals surface area contributed by atoms with Gasteiger partial charge in [0.2, 0.25) is 0 Å². The molecule has 13 atom stereocenters. The molecule has 6 nitrogen and oxygen atoms in total. The minimum Gasteiger partial charge on any atom is -0.462 e. The fourth-order valence-corrected chi connectivity index (χ4v) is 11.0. The molecule has 6 saturated carbocycles. The highest BCUT2D eigenvalue weighted by atomic mass is 16.5. The van der Waals surface area contributed by atoms with Gasteiger partial charge >= 0.3 is 5.97 Å². The fraction of sp³-hybridized carbons (Fsp3) is 0.875. The van der Waals surface area contributed by atoms with Gasteiger partial charge in [-0.15, -0.1) is 0 Å². The number of hydrogen-bond acceptors (Lipinski definition) is 6. The Morgan fingerprint density at radius 2 is 1.97 bits per heavy atom. The standard InChI is InChI=1S/C24H33NO5/c1-10(2)19(28)30-12-6-21(4)9-25-13-8-22-5-11(3)14-15(26)17(22)23(7-12,16(13)21)20(25)24(22,29)18(14)27/h10,12-18,20,26-27,29H,3,5-9H2,1-2,4H3/t12-,13-,14-,15+,16+,17-,18-,20-,21-,22+,23-,24-/m0/s1. The molecule has 0 aromatic rings. The van der Waals surface area contributed by atoms with Gasteiger partial charge in [0, 0.05) is 41.3 Å². The second-order valence-electron chi connectivity index (χ2n) is 12.5. The Hall–Kier alpha value is -0.950. The molecular weight excluding hydrogens is 382 g/mol. The number of aliphatic hydroxyl groups excluding tert-OH is 2. The average molecular weight is 416 g/mol. The first-order chi connectivity index (χ1) is 14.0. The van der Waals surface area contributed by atoms with Crippen molar-refractivity contribution in [1.82, 2.24) is 4.90 Å². The summed E-state index contributed by atoms with van der Waals surface area (Å²) in [5.74, 6) is -0.476. The Kier molecular flexibility index (Phi) is 3.01. The van der Waals surface area contributed by atoms with Crippen molar-refractivity contribution in [2.24, 2.45) is 39.9 Å². The van der Waals surface area contributed by atoms with Gasteiger partial charge in [0.15, 0.2) is 0 Å². The van der Waals surface area contributed by atoms with Crippen molar-refractivity contribution in [3.63, 3.8) is 0 Å². The maximum absolute atomic E-state index is 12.5. The number of hydrogen-bond donors (Lipinski definition) is 3. The first kappa shape index (κ1) is 18.6. The number of carbonyl (C=O) groups is 1. The summed E-state index contributed by atoms with van der Waals surface area (Å²) in [6, 6.07) is 0.232. The van der Waals surface area contributed by atoms with Crippen molar-refractivity contribution >= 4 is 5.97 Å². The predicted octanol–water partition coefficient (Wildman–Crippen LogP) is 1.09. The lowest BCUT2D eigenvalue weighted by atomic mass is 9.39. The predicted molar refractivity (Wildman–Crippen MR) is 107 cm³/mol. The molecule has 9 fully saturated rings. The van der Waals surface area contributed by atoms with Crippen molar-refractivity contribution in [2.75, 3.05) is 6.54 Å². The zero-order chi connectivity index (χ0) is 21.2. The highest BCUT2D eigenvalue weighted by molar-refractivity contribution is 5.71. The Balaban J connectivity index is 1.42. The van der Waals surface area contributed by atoms with Crippen LogP contribution in [-0.2, 0) is 9.53 Å². The van der Waals surface area contributed by atoms with Gasteiger partial charge in [-0.1, -0.05) is 32.9 Å². The van der Waals surface area contributed by atoms with Gasteiger partial charge in [-0.2, -0.15) is 0 Å². The van der Waals surface area contributed by atoms with Gasteiger partial charge < -0.3 is 20.1 Å². The van der Waals surface area contributed by atoms with E-state index >= 15 is 0 Å². The summed E-state index contributed by atoms with van der Waals surface area (Å²) < 4.78 is 6.02. The maximum Gasteiger partial charge on any atom is 0.308 e. The highest BCUT2D eigenvalue weighted by Gasteiger charge is 2.94. The smallest absolute Gasteiger partial charge is 0.308 e. The van der Waals surface area contributed by atoms with E-state index in [4.69, 9.17) is 4.74 Å². The van der Waals surface area contributed by atoms with Gasteiger partial charge in [-0.3, -0.25) is 9.69 Å². The van der Waals surface area contributed by atoms with Gasteiger partial charge in [-0.05, 0) is 37.0 Å². The Morgan fingerprint density at radius 3 is 2.67 bits per heavy atom. The number of fused-ring (bicyclic) bond motifs is 1. The number of carbonyl (C=O) groups excluding carboxylic acids is 1. The summed E-state index contributed by atoms with van der Waals surface area (Å²) in [7, 11) is 0. The van der Waals surface area contributed by atoms with Crippen molar-refractivity contribution in [3.8, 4) is 0 Å². The molecule has 1 unspecified atom stereocenters. The second-order valence-corrected chi connectivity index (χ2v) is 12.5. The van der Waals surface area contributed by atoms with Gasteiger partial charge in [-0.25, -0.2) is 0 Å². The van der Waals surface area contributed by atoms with Crippen LogP contribution in [0.3, 0.4) is 0 Å². The third-order valence-corrected chi connectivity index (χ3v) is 11.0. The van der Waals surface area contributed by atoms with E-state index in [2.05, 4.69) is 18.4 Å². The number of aliphatic hydroxyl groups is 3. The zero-order valence-electron chi connectivity index (χ0n) is 18.0. The Bertz CT molecular complexity index is 904. The number of ether oxygens (including phenoxy) is 1. The summed E-state index contributed by atoms with van der Waals surface area (Å²) >= 11 is 0. The maximum atomic E-state index is 12.5. The number of nitrogens with zero attached hydrogens (tertiary/aromatic N) is 1. The van der Waals surface area contributed by atoms with Crippen LogP contribution in [0, 0.1) is 39.9 Å². The van der Waals surface area contributed by atoms with Crippen LogP contribution in [0.25, 0.3) is 0 Å². The molecule has 9 rings (SSSR count). The van der Waals surface area contributed by atoms with Crippen LogP contribution in [0.2, 0.25) is 0 Å². The second kappa shape index (κ2) is 4.85. The molecule has 0 amide bonds. The lowest BCUT2D eigenvalue weighted by molar-refractivity contribution is -0.280. The molecule has 6 heteroatoms. The fourth-order valence-electron chi connectivity index (χ4n) is 11.0. The average Bonchev–Trinajstić information content (AvgIpc) is 3.05. The van der Waals surface area contributed by atoms with Crippen molar-refractivity contribution in [1.29, 1.82) is 0 Å². The van der Waals surface area contributed by atoms with E-state index in [0.29, 0.717) is 24.8 Å². The van der Waals surface area contributed by atoms with E-state index in [0.717, 1.165) is 25.0 Å². The van der Waals surface area contributed by atoms with Crippen LogP contribution in [0.5, 0.6) is 0 Å². The minimum atomic E-state index is -1.21. The third kappa shape index (κ3) is 1.49. The summed E-state index contributed by atoms with van der Waals surface area (Å²) in [6.07, 6.45) is 1.24. The molecule has 6 aliphatic carbocycles. The van der Waals surface area contributed by atoms with E-state index in [1.807, 2.05) is 13.8 Å². The molecule has 3 N–H and O–H groups in total. The van der Waals surface area contributed by atoms with E-state index < -0.39 is 29.1 Å². The third-order valence-electron chi connectivity index (χ3n) is 11.0. The topological polar surface area (TPSA) is 90.2 Å². The zero-order valence-corrected chi connectivity index (χ0v) is 18.0. The molecule has 9 aliphatic rings. The Labute approximate surface area is 177 Å². The van der Waals surface area contributed by atoms with Crippen LogP contribution in [0.4, 0.5) is 0 Å². The molecule has 3 heterocycles. The number of piperidine rings is 2. The molecule has 164 valence electrons. The first-order valence-electron chi connectivity index (χ1n) is 11.8. The monoisotopic (exact) mass is 415 g/mol. The van der Waals surface area contributed by atoms with E-state index in [1.54, 1.807) is 0 Å². The molecule has 30 heavy (non-hydrogen) atoms. The van der Waals surface area contributed by atoms with Crippen molar-refractivity contribution in [3.05, 3.63) is 12.2 Å². The van der Waals surface area contributed by atoms with Gasteiger partial charge in [0.1, 0.15) is 11.7 Å². The number of esters is 1. The van der Waals surface area contributed by atoms with E-state index in [-0.39, 0.29) is 40.8 Å². The summed E-state index contributed by atoms with van der Waals surface area (Å²) in [5, 5.41) is 35.3. The van der Waals surface area contributed by atoms with Crippen LogP contribution in [0.15, 0.2) is 12.2 Å². The van der Waals surface area contributed by atoms with Crippen LogP contribution < -0.4 is 0 Å². The van der Waals surface area contributed by atoms with Crippen molar-refractivity contribution in [2.45, 2.75) is 82.5 Å². The minimum absolute atomic E-state index is 0.0116. The van der Waals surface area contributed by atoms with Gasteiger partial charge in [0.25, 0.3) is 0 Å². The molecule has 0 radical (unpaired) electrons. The largest absolute Gasteiger partial charge is 0.462 e. The molecule has 3 saturated heterocycles. The SMILES string of the molecule is C=C1C[C@@]23C[C@H]4[C@@H]5[C@@]6(C)C[C@H](OC(=O)C(C)C)C[C@@]57[C@H]2[C@H](O)[C@H]1[C@H](O)[C@]3(O)[C@H]7N4C6. The number of rotatable bonds is 2. The first-order valence-corrected chi connectivity index (χ1v) is 11.8. The summed E-state index contributed by atoms with van der Waals surface area (Å²) in [4.78, 5) is 15.0. The van der Waals surface area contributed by atoms with E-state index in [1.165, 1.54) is 0 Å². The summed E-state index contributed by atoms with van der Waals surface area (Å²) in [6.45, 7) is 11.1. The van der Waals surface area contributed by atoms with E-state index in [9.17, 15) is 20.1 Å². The molecule has 2 spiro atoms. The van der Waals surface area contributed by atoms with Crippen molar-refractivity contribution < 1.29 is 24.9 Å². The summed E-state index contributed by atoms with van der Waals surface area (Å²) in [5.41, 5.74) is -1.11. The van der Waals surface area contributed by atoms with Crippen LogP contribution >= 0.6 is 0 Å².